The molecule has 0 aliphatic rings. The van der Waals surface area contributed by atoms with Gasteiger partial charge in [-0.2, -0.15) is 0 Å². The molecule has 3 aromatic rings. The van der Waals surface area contributed by atoms with Crippen LogP contribution in [0.1, 0.15) is 10.5 Å². The van der Waals surface area contributed by atoms with Gasteiger partial charge < -0.3 is 10.3 Å². The Labute approximate surface area is 118 Å². The van der Waals surface area contributed by atoms with E-state index in [9.17, 15) is 9.59 Å². The van der Waals surface area contributed by atoms with Gasteiger partial charge in [0.25, 0.3) is 11.8 Å². The van der Waals surface area contributed by atoms with Gasteiger partial charge in [0.05, 0.1) is 18.3 Å². The van der Waals surface area contributed by atoms with Crippen LogP contribution in [0.25, 0.3) is 21.8 Å². The molecule has 3 rings (SSSR count). The van der Waals surface area contributed by atoms with E-state index in [2.05, 4.69) is 15.3 Å². The molecule has 0 bridgehead atoms. The Hall–Kier alpha value is -2.93. The van der Waals surface area contributed by atoms with Crippen molar-refractivity contribution < 1.29 is 14.8 Å². The normalized spacial score (nSPS) is 10.7. The minimum Gasteiger partial charge on any atom is -0.353 e. The number of hydrogen-bond acceptors (Lipinski definition) is 4. The maximum atomic E-state index is 11.9. The van der Waals surface area contributed by atoms with Crippen molar-refractivity contribution in [2.45, 2.75) is 0 Å². The lowest BCUT2D eigenvalue weighted by atomic mass is 10.1. The summed E-state index contributed by atoms with van der Waals surface area (Å²) in [6, 6.07) is 9.41. The Morgan fingerprint density at radius 3 is 2.81 bits per heavy atom. The number of aromatic amines is 1. The van der Waals surface area contributed by atoms with Crippen LogP contribution in [-0.4, -0.2) is 33.5 Å². The van der Waals surface area contributed by atoms with E-state index >= 15 is 0 Å². The molecule has 2 amide bonds. The number of nitrogens with one attached hydrogen (secondary N) is 3. The van der Waals surface area contributed by atoms with E-state index in [1.807, 2.05) is 24.3 Å². The van der Waals surface area contributed by atoms with E-state index < -0.39 is 11.8 Å². The van der Waals surface area contributed by atoms with Crippen molar-refractivity contribution in [3.05, 3.63) is 42.2 Å². The molecule has 0 unspecified atom stereocenters. The molecule has 0 aliphatic heterocycles. The van der Waals surface area contributed by atoms with Crippen LogP contribution < -0.4 is 10.8 Å². The molecule has 7 nitrogen and oxygen atoms in total. The lowest BCUT2D eigenvalue weighted by Gasteiger charge is -2.03. The van der Waals surface area contributed by atoms with Crippen molar-refractivity contribution in [1.29, 1.82) is 0 Å². The highest BCUT2D eigenvalue weighted by molar-refractivity contribution is 6.09. The molecule has 0 fully saturated rings. The number of carbonyl (C=O) groups is 2. The molecule has 0 atom stereocenters. The highest BCUT2D eigenvalue weighted by Crippen LogP contribution is 2.24. The van der Waals surface area contributed by atoms with Crippen LogP contribution in [0, 0.1) is 0 Å². The fourth-order valence-electron chi connectivity index (χ4n) is 2.16. The number of hydrogen-bond donors (Lipinski definition) is 4. The molecule has 0 saturated carbocycles. The van der Waals surface area contributed by atoms with Crippen molar-refractivity contribution in [3.8, 4) is 0 Å². The number of hydroxylamine groups is 1. The van der Waals surface area contributed by atoms with Crippen molar-refractivity contribution in [2.24, 2.45) is 0 Å². The lowest BCUT2D eigenvalue weighted by molar-refractivity contribution is -0.128. The van der Waals surface area contributed by atoms with Crippen LogP contribution in [0.2, 0.25) is 0 Å². The van der Waals surface area contributed by atoms with Gasteiger partial charge in [0, 0.05) is 16.3 Å². The predicted octanol–water partition coefficient (Wildman–Crippen LogP) is 0.951. The van der Waals surface area contributed by atoms with E-state index in [0.29, 0.717) is 0 Å². The zero-order valence-corrected chi connectivity index (χ0v) is 10.9. The molecule has 0 aliphatic carbocycles. The Morgan fingerprint density at radius 2 is 2.00 bits per heavy atom. The minimum absolute atomic E-state index is 0.206. The zero-order chi connectivity index (χ0) is 14.8. The Kier molecular flexibility index (Phi) is 3.25. The van der Waals surface area contributed by atoms with E-state index in [-0.39, 0.29) is 12.2 Å². The van der Waals surface area contributed by atoms with Crippen LogP contribution in [0.15, 0.2) is 36.5 Å². The maximum absolute atomic E-state index is 11.9. The number of benzene rings is 1. The third-order valence-electron chi connectivity index (χ3n) is 3.16. The monoisotopic (exact) mass is 284 g/mol. The summed E-state index contributed by atoms with van der Waals surface area (Å²) in [7, 11) is 0. The molecule has 2 aromatic heterocycles. The first-order valence-electron chi connectivity index (χ1n) is 6.26. The zero-order valence-electron chi connectivity index (χ0n) is 10.9. The summed E-state index contributed by atoms with van der Waals surface area (Å²) >= 11 is 0. The van der Waals surface area contributed by atoms with Crippen LogP contribution in [0.4, 0.5) is 0 Å². The van der Waals surface area contributed by atoms with Crippen molar-refractivity contribution in [3.63, 3.8) is 0 Å². The van der Waals surface area contributed by atoms with Gasteiger partial charge in [-0.15, -0.1) is 0 Å². The Bertz CT molecular complexity index is 840. The minimum atomic E-state index is -0.698. The van der Waals surface area contributed by atoms with Crippen molar-refractivity contribution >= 4 is 33.6 Å². The Balaban J connectivity index is 1.94. The second-order valence-corrected chi connectivity index (χ2v) is 4.50. The van der Waals surface area contributed by atoms with Gasteiger partial charge in [0.1, 0.15) is 5.69 Å². The summed E-state index contributed by atoms with van der Waals surface area (Å²) in [6.45, 7) is -0.317. The molecular formula is C14H12N4O3. The van der Waals surface area contributed by atoms with Crippen molar-refractivity contribution in [2.75, 3.05) is 6.54 Å². The van der Waals surface area contributed by atoms with Gasteiger partial charge in [-0.05, 0) is 12.1 Å². The van der Waals surface area contributed by atoms with E-state index in [1.54, 1.807) is 12.3 Å². The van der Waals surface area contributed by atoms with Gasteiger partial charge in [0.2, 0.25) is 0 Å². The molecule has 1 aromatic carbocycles. The molecule has 0 spiro atoms. The first-order chi connectivity index (χ1) is 10.2. The SMILES string of the molecule is O=C(CNC(=O)c1cc2c(cn1)[nH]c1ccccc12)NO. The van der Waals surface area contributed by atoms with Crippen LogP contribution >= 0.6 is 0 Å². The van der Waals surface area contributed by atoms with E-state index in [4.69, 9.17) is 5.21 Å². The van der Waals surface area contributed by atoms with Gasteiger partial charge in [-0.3, -0.25) is 14.8 Å². The number of amides is 2. The summed E-state index contributed by atoms with van der Waals surface area (Å²) in [5, 5.41) is 12.6. The third-order valence-corrected chi connectivity index (χ3v) is 3.16. The second-order valence-electron chi connectivity index (χ2n) is 4.50. The number of H-pyrrole nitrogens is 1. The summed E-state index contributed by atoms with van der Waals surface area (Å²) in [6.07, 6.45) is 1.58. The second kappa shape index (κ2) is 5.22. The smallest absolute Gasteiger partial charge is 0.270 e. The number of aromatic nitrogens is 2. The van der Waals surface area contributed by atoms with Gasteiger partial charge in [-0.1, -0.05) is 18.2 Å². The first-order valence-corrected chi connectivity index (χ1v) is 6.26. The molecule has 4 N–H and O–H groups in total. The maximum Gasteiger partial charge on any atom is 0.270 e. The van der Waals surface area contributed by atoms with Gasteiger partial charge in [0.15, 0.2) is 0 Å². The summed E-state index contributed by atoms with van der Waals surface area (Å²) in [5.41, 5.74) is 3.45. The highest BCUT2D eigenvalue weighted by atomic mass is 16.5. The Morgan fingerprint density at radius 1 is 1.19 bits per heavy atom. The van der Waals surface area contributed by atoms with Gasteiger partial charge in [-0.25, -0.2) is 10.5 Å². The summed E-state index contributed by atoms with van der Waals surface area (Å²) < 4.78 is 0. The number of fused-ring (bicyclic) bond motifs is 3. The average Bonchev–Trinajstić information content (AvgIpc) is 2.90. The number of rotatable bonds is 3. The highest BCUT2D eigenvalue weighted by Gasteiger charge is 2.12. The van der Waals surface area contributed by atoms with E-state index in [0.717, 1.165) is 21.8 Å². The fourth-order valence-corrected chi connectivity index (χ4v) is 2.16. The molecular weight excluding hydrogens is 272 g/mol. The molecule has 0 radical (unpaired) electrons. The molecule has 106 valence electrons. The van der Waals surface area contributed by atoms with E-state index in [1.165, 1.54) is 5.48 Å². The van der Waals surface area contributed by atoms with Gasteiger partial charge >= 0.3 is 0 Å². The number of pyridine rings is 1. The predicted molar refractivity (Wildman–Crippen MR) is 75.9 cm³/mol. The largest absolute Gasteiger partial charge is 0.353 e. The lowest BCUT2D eigenvalue weighted by Crippen LogP contribution is -2.35. The quantitative estimate of drug-likeness (QED) is 0.424. The number of carbonyl (C=O) groups excluding carboxylic acids is 2. The van der Waals surface area contributed by atoms with Crippen molar-refractivity contribution in [1.82, 2.24) is 20.8 Å². The number of para-hydroxylation sites is 1. The molecule has 0 saturated heterocycles. The van der Waals surface area contributed by atoms with Crippen LogP contribution in [0.3, 0.4) is 0 Å². The van der Waals surface area contributed by atoms with Crippen LogP contribution in [-0.2, 0) is 4.79 Å². The average molecular weight is 284 g/mol. The first kappa shape index (κ1) is 13.1. The standard InChI is InChI=1S/C14H12N4O3/c19-13(18-21)7-16-14(20)11-5-9-8-3-1-2-4-10(8)17-12(9)6-15-11/h1-6,17,21H,7H2,(H,16,20)(H,18,19). The summed E-state index contributed by atoms with van der Waals surface area (Å²) in [4.78, 5) is 30.1. The molecule has 7 heteroatoms. The summed E-state index contributed by atoms with van der Waals surface area (Å²) in [5.74, 6) is -1.18. The topological polar surface area (TPSA) is 107 Å². The molecule has 21 heavy (non-hydrogen) atoms. The fraction of sp³-hybridized carbons (Fsp3) is 0.0714. The molecule has 2 heterocycles. The van der Waals surface area contributed by atoms with Crippen LogP contribution in [0.5, 0.6) is 0 Å². The third kappa shape index (κ3) is 2.41. The number of nitrogens with zero attached hydrogens (tertiary/aromatic N) is 1.